The van der Waals surface area contributed by atoms with Gasteiger partial charge in [0.05, 0.1) is 0 Å². The number of nitrogens with one attached hydrogen (secondary N) is 1. The molecule has 1 aliphatic heterocycles. The molecule has 0 aliphatic carbocycles. The van der Waals surface area contributed by atoms with Crippen molar-refractivity contribution in [3.05, 3.63) is 59.2 Å². The molecule has 5 nitrogen and oxygen atoms in total. The van der Waals surface area contributed by atoms with Crippen molar-refractivity contribution in [2.24, 2.45) is 0 Å². The summed E-state index contributed by atoms with van der Waals surface area (Å²) in [6.45, 7) is 4.37. The molecule has 0 spiro atoms. The predicted molar refractivity (Wildman–Crippen MR) is 99.2 cm³/mol. The Bertz CT molecular complexity index is 796. The van der Waals surface area contributed by atoms with Crippen LogP contribution in [0.1, 0.15) is 42.9 Å². The van der Waals surface area contributed by atoms with Gasteiger partial charge >= 0.3 is 5.97 Å². The van der Waals surface area contributed by atoms with Crippen LogP contribution in [-0.2, 0) is 27.4 Å². The largest absolute Gasteiger partial charge is 0.482 e. The molecule has 1 heterocycles. The summed E-state index contributed by atoms with van der Waals surface area (Å²) >= 11 is 0. The van der Waals surface area contributed by atoms with Crippen molar-refractivity contribution in [2.75, 3.05) is 11.9 Å². The summed E-state index contributed by atoms with van der Waals surface area (Å²) in [5.74, 6) is 0.684. The van der Waals surface area contributed by atoms with Crippen LogP contribution in [0.4, 0.5) is 5.69 Å². The fourth-order valence-corrected chi connectivity index (χ4v) is 2.80. The quantitative estimate of drug-likeness (QED) is 0.802. The lowest BCUT2D eigenvalue weighted by Gasteiger charge is -2.17. The molecular weight excluding hydrogens is 330 g/mol. The summed E-state index contributed by atoms with van der Waals surface area (Å²) in [5, 5.41) is 2.82. The van der Waals surface area contributed by atoms with Crippen LogP contribution in [0.5, 0.6) is 5.75 Å². The average Bonchev–Trinajstić information content (AvgIpc) is 2.65. The Morgan fingerprint density at radius 1 is 1.12 bits per heavy atom. The second-order valence-electron chi connectivity index (χ2n) is 6.71. The molecule has 2 aromatic rings. The summed E-state index contributed by atoms with van der Waals surface area (Å²) in [5.41, 5.74) is 4.03. The number of esters is 1. The number of anilines is 1. The first-order valence-corrected chi connectivity index (χ1v) is 8.81. The maximum Gasteiger partial charge on any atom is 0.344 e. The van der Waals surface area contributed by atoms with E-state index in [0.717, 1.165) is 16.8 Å². The summed E-state index contributed by atoms with van der Waals surface area (Å²) in [7, 11) is 0. The van der Waals surface area contributed by atoms with Crippen LogP contribution in [0.3, 0.4) is 0 Å². The van der Waals surface area contributed by atoms with Gasteiger partial charge in [-0.2, -0.15) is 0 Å². The zero-order valence-corrected chi connectivity index (χ0v) is 15.1. The standard InChI is InChI=1S/C21H23NO4/c1-14(2)16-5-3-15(4-6-16)12-26-21(24)13-25-18-8-9-19-17(11-18)7-10-20(23)22-19/h3-6,8-9,11,14H,7,10,12-13H2,1-2H3,(H,22,23). The van der Waals surface area contributed by atoms with Crippen molar-refractivity contribution in [1.29, 1.82) is 0 Å². The molecule has 0 radical (unpaired) electrons. The Morgan fingerprint density at radius 3 is 2.62 bits per heavy atom. The number of amides is 1. The first-order chi connectivity index (χ1) is 12.5. The number of fused-ring (bicyclic) bond motifs is 1. The molecule has 0 saturated heterocycles. The molecule has 1 aliphatic rings. The third-order valence-corrected chi connectivity index (χ3v) is 4.38. The third-order valence-electron chi connectivity index (χ3n) is 4.38. The van der Waals surface area contributed by atoms with Gasteiger partial charge < -0.3 is 14.8 Å². The smallest absolute Gasteiger partial charge is 0.344 e. The Kier molecular flexibility index (Phi) is 5.56. The number of aryl methyl sites for hydroxylation is 1. The van der Waals surface area contributed by atoms with E-state index in [1.807, 2.05) is 18.2 Å². The number of carbonyl (C=O) groups excluding carboxylic acids is 2. The minimum atomic E-state index is -0.413. The highest BCUT2D eigenvalue weighted by Gasteiger charge is 2.15. The molecule has 3 rings (SSSR count). The minimum Gasteiger partial charge on any atom is -0.482 e. The molecule has 0 bridgehead atoms. The second kappa shape index (κ2) is 8.04. The molecule has 0 saturated carbocycles. The fraction of sp³-hybridized carbons (Fsp3) is 0.333. The van der Waals surface area contributed by atoms with Gasteiger partial charge in [0.25, 0.3) is 0 Å². The molecule has 5 heteroatoms. The van der Waals surface area contributed by atoms with Crippen molar-refractivity contribution >= 4 is 17.6 Å². The molecule has 2 aromatic carbocycles. The highest BCUT2D eigenvalue weighted by Crippen LogP contribution is 2.26. The fourth-order valence-electron chi connectivity index (χ4n) is 2.80. The van der Waals surface area contributed by atoms with Gasteiger partial charge in [-0.25, -0.2) is 4.79 Å². The van der Waals surface area contributed by atoms with Crippen molar-refractivity contribution in [3.8, 4) is 5.75 Å². The molecule has 1 amide bonds. The van der Waals surface area contributed by atoms with E-state index in [4.69, 9.17) is 9.47 Å². The van der Waals surface area contributed by atoms with Crippen LogP contribution >= 0.6 is 0 Å². The summed E-state index contributed by atoms with van der Waals surface area (Å²) in [6, 6.07) is 13.4. The molecule has 0 aromatic heterocycles. The van der Waals surface area contributed by atoms with Crippen molar-refractivity contribution in [3.63, 3.8) is 0 Å². The van der Waals surface area contributed by atoms with Crippen LogP contribution in [0, 0.1) is 0 Å². The predicted octanol–water partition coefficient (Wildman–Crippen LogP) is 3.82. The number of benzene rings is 2. The van der Waals surface area contributed by atoms with E-state index < -0.39 is 5.97 Å². The monoisotopic (exact) mass is 353 g/mol. The maximum absolute atomic E-state index is 11.9. The van der Waals surface area contributed by atoms with Crippen LogP contribution in [-0.4, -0.2) is 18.5 Å². The first-order valence-electron chi connectivity index (χ1n) is 8.81. The van der Waals surface area contributed by atoms with E-state index in [1.54, 1.807) is 12.1 Å². The lowest BCUT2D eigenvalue weighted by atomic mass is 10.0. The molecular formula is C21H23NO4. The van der Waals surface area contributed by atoms with Gasteiger partial charge in [-0.05, 0) is 47.2 Å². The molecule has 0 fully saturated rings. The van der Waals surface area contributed by atoms with Crippen molar-refractivity contribution < 1.29 is 19.1 Å². The zero-order valence-electron chi connectivity index (χ0n) is 15.1. The highest BCUT2D eigenvalue weighted by atomic mass is 16.6. The van der Waals surface area contributed by atoms with Gasteiger partial charge in [0.15, 0.2) is 6.61 Å². The van der Waals surface area contributed by atoms with Crippen LogP contribution in [0.15, 0.2) is 42.5 Å². The number of carbonyl (C=O) groups is 2. The number of rotatable bonds is 6. The van der Waals surface area contributed by atoms with E-state index in [2.05, 4.69) is 31.3 Å². The SMILES string of the molecule is CC(C)c1ccc(COC(=O)COc2ccc3c(c2)CCC(=O)N3)cc1. The molecule has 0 atom stereocenters. The van der Waals surface area contributed by atoms with Crippen molar-refractivity contribution in [2.45, 2.75) is 39.2 Å². The van der Waals surface area contributed by atoms with Crippen molar-refractivity contribution in [1.82, 2.24) is 0 Å². The number of hydrogen-bond acceptors (Lipinski definition) is 4. The number of ether oxygens (including phenoxy) is 2. The van der Waals surface area contributed by atoms with E-state index in [-0.39, 0.29) is 19.1 Å². The van der Waals surface area contributed by atoms with E-state index in [0.29, 0.717) is 24.5 Å². The van der Waals surface area contributed by atoms with E-state index in [9.17, 15) is 9.59 Å². The lowest BCUT2D eigenvalue weighted by Crippen LogP contribution is -2.19. The second-order valence-corrected chi connectivity index (χ2v) is 6.71. The molecule has 1 N–H and O–H groups in total. The first kappa shape index (κ1) is 18.0. The average molecular weight is 353 g/mol. The summed E-state index contributed by atoms with van der Waals surface area (Å²) in [6.07, 6.45) is 1.14. The minimum absolute atomic E-state index is 0.0242. The van der Waals surface area contributed by atoms with Gasteiger partial charge in [0, 0.05) is 12.1 Å². The van der Waals surface area contributed by atoms with Gasteiger partial charge in [0.2, 0.25) is 5.91 Å². The Morgan fingerprint density at radius 2 is 1.88 bits per heavy atom. The summed E-state index contributed by atoms with van der Waals surface area (Å²) < 4.78 is 10.8. The lowest BCUT2D eigenvalue weighted by molar-refractivity contribution is -0.147. The van der Waals surface area contributed by atoms with Gasteiger partial charge in [-0.15, -0.1) is 0 Å². The molecule has 0 unspecified atom stereocenters. The number of hydrogen-bond donors (Lipinski definition) is 1. The normalized spacial score (nSPS) is 13.1. The summed E-state index contributed by atoms with van der Waals surface area (Å²) in [4.78, 5) is 23.3. The Hall–Kier alpha value is -2.82. The topological polar surface area (TPSA) is 64.6 Å². The van der Waals surface area contributed by atoms with E-state index in [1.165, 1.54) is 5.56 Å². The van der Waals surface area contributed by atoms with Gasteiger partial charge in [-0.1, -0.05) is 38.1 Å². The molecule has 26 heavy (non-hydrogen) atoms. The van der Waals surface area contributed by atoms with E-state index >= 15 is 0 Å². The van der Waals surface area contributed by atoms with Gasteiger partial charge in [-0.3, -0.25) is 4.79 Å². The molecule has 136 valence electrons. The third kappa shape index (κ3) is 4.63. The van der Waals surface area contributed by atoms with Crippen LogP contribution in [0.25, 0.3) is 0 Å². The van der Waals surface area contributed by atoms with Crippen LogP contribution in [0.2, 0.25) is 0 Å². The highest BCUT2D eigenvalue weighted by molar-refractivity contribution is 5.94. The Balaban J connectivity index is 1.47. The maximum atomic E-state index is 11.9. The van der Waals surface area contributed by atoms with Gasteiger partial charge in [0.1, 0.15) is 12.4 Å². The zero-order chi connectivity index (χ0) is 18.5. The Labute approximate surface area is 153 Å². The van der Waals surface area contributed by atoms with Crippen LogP contribution < -0.4 is 10.1 Å².